The molecule has 0 bridgehead atoms. The summed E-state index contributed by atoms with van der Waals surface area (Å²) in [7, 11) is 1.71. The summed E-state index contributed by atoms with van der Waals surface area (Å²) >= 11 is 0. The first-order valence-corrected chi connectivity index (χ1v) is 4.96. The second-order valence-electron chi connectivity index (χ2n) is 4.31. The smallest absolute Gasteiger partial charge is 0.147 e. The molecular formula is C12H15FN2O. The third kappa shape index (κ3) is 2.31. The van der Waals surface area contributed by atoms with Crippen LogP contribution in [0.3, 0.4) is 0 Å². The van der Waals surface area contributed by atoms with E-state index < -0.39 is 11.4 Å². The fourth-order valence-corrected chi connectivity index (χ4v) is 1.28. The van der Waals surface area contributed by atoms with E-state index in [4.69, 9.17) is 5.26 Å². The molecule has 3 nitrogen and oxygen atoms in total. The number of hydrogen-bond acceptors (Lipinski definition) is 3. The van der Waals surface area contributed by atoms with Crippen molar-refractivity contribution in [2.75, 3.05) is 18.6 Å². The summed E-state index contributed by atoms with van der Waals surface area (Å²) < 4.78 is 13.7. The molecule has 0 aliphatic carbocycles. The predicted octanol–water partition coefficient (Wildman–Crippen LogP) is 1.90. The summed E-state index contributed by atoms with van der Waals surface area (Å²) in [6.07, 6.45) is 0. The third-order valence-corrected chi connectivity index (χ3v) is 2.73. The van der Waals surface area contributed by atoms with Gasteiger partial charge < -0.3 is 10.0 Å². The molecule has 1 aromatic carbocycles. The molecule has 0 unspecified atom stereocenters. The second kappa shape index (κ2) is 4.50. The Bertz CT molecular complexity index is 424. The van der Waals surface area contributed by atoms with Crippen LogP contribution in [0.2, 0.25) is 0 Å². The van der Waals surface area contributed by atoms with Crippen LogP contribution in [0, 0.1) is 17.1 Å². The highest BCUT2D eigenvalue weighted by molar-refractivity contribution is 5.52. The number of halogens is 1. The molecule has 86 valence electrons. The fraction of sp³-hybridized carbons (Fsp3) is 0.417. The molecule has 0 aliphatic rings. The molecule has 0 aromatic heterocycles. The summed E-state index contributed by atoms with van der Waals surface area (Å²) in [5.41, 5.74) is 0.115. The van der Waals surface area contributed by atoms with Crippen LogP contribution in [0.4, 0.5) is 10.1 Å². The summed E-state index contributed by atoms with van der Waals surface area (Å²) in [5, 5.41) is 17.8. The Hall–Kier alpha value is -1.60. The standard InChI is InChI=1S/C12H15FN2O/c1-12(2,8-16)15(3)11-5-4-9(7-14)6-10(11)13/h4-6,16H,8H2,1-3H3. The number of rotatable bonds is 3. The van der Waals surface area contributed by atoms with E-state index in [1.54, 1.807) is 24.1 Å². The van der Waals surface area contributed by atoms with Crippen molar-refractivity contribution in [3.05, 3.63) is 29.6 Å². The van der Waals surface area contributed by atoms with Crippen LogP contribution < -0.4 is 4.90 Å². The zero-order valence-electron chi connectivity index (χ0n) is 9.66. The highest BCUT2D eigenvalue weighted by Gasteiger charge is 2.24. The molecule has 0 fully saturated rings. The van der Waals surface area contributed by atoms with Crippen molar-refractivity contribution in [3.8, 4) is 6.07 Å². The van der Waals surface area contributed by atoms with Crippen molar-refractivity contribution in [2.24, 2.45) is 0 Å². The van der Waals surface area contributed by atoms with Gasteiger partial charge >= 0.3 is 0 Å². The van der Waals surface area contributed by atoms with Gasteiger partial charge in [0.1, 0.15) is 5.82 Å². The second-order valence-corrected chi connectivity index (χ2v) is 4.31. The van der Waals surface area contributed by atoms with E-state index in [1.165, 1.54) is 6.07 Å². The minimum absolute atomic E-state index is 0.0804. The normalized spacial score (nSPS) is 11.0. The minimum Gasteiger partial charge on any atom is -0.394 e. The van der Waals surface area contributed by atoms with Gasteiger partial charge in [-0.3, -0.25) is 0 Å². The molecule has 0 saturated carbocycles. The van der Waals surface area contributed by atoms with Crippen molar-refractivity contribution in [3.63, 3.8) is 0 Å². The molecular weight excluding hydrogens is 207 g/mol. The van der Waals surface area contributed by atoms with Crippen molar-refractivity contribution < 1.29 is 9.50 Å². The van der Waals surface area contributed by atoms with Gasteiger partial charge in [-0.05, 0) is 32.0 Å². The van der Waals surface area contributed by atoms with Gasteiger partial charge in [0.2, 0.25) is 0 Å². The van der Waals surface area contributed by atoms with Crippen molar-refractivity contribution >= 4 is 5.69 Å². The summed E-state index contributed by atoms with van der Waals surface area (Å²) in [6.45, 7) is 3.54. The lowest BCUT2D eigenvalue weighted by Gasteiger charge is -2.36. The van der Waals surface area contributed by atoms with Crippen molar-refractivity contribution in [1.29, 1.82) is 5.26 Å². The Morgan fingerprint density at radius 3 is 2.56 bits per heavy atom. The Labute approximate surface area is 94.7 Å². The van der Waals surface area contributed by atoms with E-state index in [-0.39, 0.29) is 12.2 Å². The van der Waals surface area contributed by atoms with E-state index in [0.29, 0.717) is 5.69 Å². The number of anilines is 1. The monoisotopic (exact) mass is 222 g/mol. The largest absolute Gasteiger partial charge is 0.394 e. The Morgan fingerprint density at radius 1 is 1.50 bits per heavy atom. The van der Waals surface area contributed by atoms with Crippen molar-refractivity contribution in [1.82, 2.24) is 0 Å². The highest BCUT2D eigenvalue weighted by Crippen LogP contribution is 2.25. The zero-order valence-corrected chi connectivity index (χ0v) is 9.66. The molecule has 0 aliphatic heterocycles. The van der Waals surface area contributed by atoms with E-state index in [0.717, 1.165) is 0 Å². The lowest BCUT2D eigenvalue weighted by Crippen LogP contribution is -2.44. The molecule has 0 heterocycles. The van der Waals surface area contributed by atoms with Crippen LogP contribution in [-0.2, 0) is 0 Å². The number of benzene rings is 1. The molecule has 0 atom stereocenters. The van der Waals surface area contributed by atoms with Gasteiger partial charge in [0.05, 0.1) is 29.5 Å². The Morgan fingerprint density at radius 2 is 2.12 bits per heavy atom. The average molecular weight is 222 g/mol. The SMILES string of the molecule is CN(c1ccc(C#N)cc1F)C(C)(C)CO. The lowest BCUT2D eigenvalue weighted by atomic mass is 10.0. The van der Waals surface area contributed by atoms with Gasteiger partial charge in [-0.25, -0.2) is 4.39 Å². The van der Waals surface area contributed by atoms with Gasteiger partial charge in [0.15, 0.2) is 0 Å². The molecule has 0 spiro atoms. The van der Waals surface area contributed by atoms with Crippen LogP contribution in [0.1, 0.15) is 19.4 Å². The molecule has 0 amide bonds. The van der Waals surface area contributed by atoms with Crippen LogP contribution in [-0.4, -0.2) is 24.3 Å². The molecule has 0 radical (unpaired) electrons. The highest BCUT2D eigenvalue weighted by atomic mass is 19.1. The molecule has 1 N–H and O–H groups in total. The first kappa shape index (κ1) is 12.5. The first-order chi connectivity index (χ1) is 7.42. The van der Waals surface area contributed by atoms with Crippen molar-refractivity contribution in [2.45, 2.75) is 19.4 Å². The predicted molar refractivity (Wildman–Crippen MR) is 60.7 cm³/mol. The average Bonchev–Trinajstić information content (AvgIpc) is 2.28. The van der Waals surface area contributed by atoms with Gasteiger partial charge in [0, 0.05) is 7.05 Å². The van der Waals surface area contributed by atoms with Gasteiger partial charge in [-0.15, -0.1) is 0 Å². The maximum Gasteiger partial charge on any atom is 0.147 e. The van der Waals surface area contributed by atoms with E-state index in [2.05, 4.69) is 0 Å². The van der Waals surface area contributed by atoms with Crippen LogP contribution in [0.25, 0.3) is 0 Å². The lowest BCUT2D eigenvalue weighted by molar-refractivity contribution is 0.215. The first-order valence-electron chi connectivity index (χ1n) is 4.96. The summed E-state index contributed by atoms with van der Waals surface area (Å²) in [4.78, 5) is 1.66. The van der Waals surface area contributed by atoms with Gasteiger partial charge in [0.25, 0.3) is 0 Å². The maximum atomic E-state index is 13.7. The number of nitriles is 1. The van der Waals surface area contributed by atoms with Crippen LogP contribution in [0.5, 0.6) is 0 Å². The minimum atomic E-state index is -0.547. The van der Waals surface area contributed by atoms with E-state index in [9.17, 15) is 9.50 Å². The summed E-state index contributed by atoms with van der Waals surface area (Å²) in [5.74, 6) is -0.455. The maximum absolute atomic E-state index is 13.7. The number of aliphatic hydroxyl groups is 1. The molecule has 1 rings (SSSR count). The molecule has 4 heteroatoms. The number of likely N-dealkylation sites (N-methyl/N-ethyl adjacent to an activating group) is 1. The third-order valence-electron chi connectivity index (χ3n) is 2.73. The number of nitrogens with zero attached hydrogens (tertiary/aromatic N) is 2. The topological polar surface area (TPSA) is 47.3 Å². The number of hydrogen-bond donors (Lipinski definition) is 1. The number of aliphatic hydroxyl groups excluding tert-OH is 1. The molecule has 16 heavy (non-hydrogen) atoms. The molecule has 1 aromatic rings. The Balaban J connectivity index is 3.11. The van der Waals surface area contributed by atoms with Gasteiger partial charge in [-0.2, -0.15) is 5.26 Å². The summed E-state index contributed by atoms with van der Waals surface area (Å²) in [6, 6.07) is 6.18. The zero-order chi connectivity index (χ0) is 12.3. The Kier molecular flexibility index (Phi) is 3.51. The van der Waals surface area contributed by atoms with Gasteiger partial charge in [-0.1, -0.05) is 0 Å². The fourth-order valence-electron chi connectivity index (χ4n) is 1.28. The van der Waals surface area contributed by atoms with E-state index in [1.807, 2.05) is 19.9 Å². The van der Waals surface area contributed by atoms with Crippen LogP contribution in [0.15, 0.2) is 18.2 Å². The van der Waals surface area contributed by atoms with Crippen LogP contribution >= 0.6 is 0 Å². The quantitative estimate of drug-likeness (QED) is 0.849. The van der Waals surface area contributed by atoms with E-state index >= 15 is 0 Å². The molecule has 0 saturated heterocycles.